The minimum absolute atomic E-state index is 0.00138. The standard InChI is InChI=1S/C51H55N3O13/c1-3-23-64-51-47(53(50(58)61-2)29-34-15-19-45-46(25-34)63-32-62-45)28-43(52-65-31-33-13-16-37(17-14-33)54(59)60)41-26-36(10-4-6-21-55)40(12-5-7-22-56)48(49(41)51)42-27-39(18-20-44(42)67-51)66-38-11-8-9-35(24-38)30-57/h3,8-9,11,13-20,24-27,30,36,40,47-49,55-56H,1,4-7,10,12,21-23,28-29,31-32H2,2H3/t36-,40+,47-,48+,49+,51+/m0/s1. The van der Waals surface area contributed by atoms with E-state index < -0.39 is 28.8 Å². The summed E-state index contributed by atoms with van der Waals surface area (Å²) < 4.78 is 37.7. The lowest BCUT2D eigenvalue weighted by Gasteiger charge is -2.59. The molecule has 6 atom stereocenters. The average molecular weight is 918 g/mol. The fourth-order valence-electron chi connectivity index (χ4n) is 10.1. The van der Waals surface area contributed by atoms with Crippen LogP contribution in [0.1, 0.15) is 77.9 Å². The molecule has 4 aliphatic rings. The maximum atomic E-state index is 14.4. The number of hydrogen-bond acceptors (Lipinski definition) is 14. The molecule has 352 valence electrons. The van der Waals surface area contributed by atoms with Crippen LogP contribution in [-0.4, -0.2) is 83.7 Å². The highest BCUT2D eigenvalue weighted by Gasteiger charge is 2.65. The van der Waals surface area contributed by atoms with E-state index in [9.17, 15) is 29.9 Å². The van der Waals surface area contributed by atoms with Crippen molar-refractivity contribution in [3.05, 3.63) is 142 Å². The number of aliphatic hydroxyl groups is 2. The first-order chi connectivity index (χ1) is 32.7. The number of carbonyl (C=O) groups is 2. The quantitative estimate of drug-likeness (QED) is 0.0264. The number of allylic oxidation sites excluding steroid dienone is 1. The molecule has 0 aromatic heterocycles. The number of rotatable bonds is 21. The third-order valence-electron chi connectivity index (χ3n) is 13.0. The van der Waals surface area contributed by atoms with E-state index in [0.717, 1.165) is 42.2 Å². The maximum Gasteiger partial charge on any atom is 0.410 e. The molecule has 0 unspecified atom stereocenters. The van der Waals surface area contributed by atoms with E-state index in [-0.39, 0.29) is 69.6 Å². The predicted molar refractivity (Wildman–Crippen MR) is 245 cm³/mol. The second kappa shape index (κ2) is 21.3. The summed E-state index contributed by atoms with van der Waals surface area (Å²) in [7, 11) is 1.32. The summed E-state index contributed by atoms with van der Waals surface area (Å²) in [6.07, 6.45) is 8.19. The molecule has 2 aliphatic heterocycles. The Morgan fingerprint density at radius 2 is 1.69 bits per heavy atom. The van der Waals surface area contributed by atoms with Gasteiger partial charge in [-0.2, -0.15) is 0 Å². The van der Waals surface area contributed by atoms with Crippen molar-refractivity contribution in [2.24, 2.45) is 22.9 Å². The van der Waals surface area contributed by atoms with Crippen molar-refractivity contribution in [2.75, 3.05) is 33.7 Å². The molecular weight excluding hydrogens is 863 g/mol. The lowest BCUT2D eigenvalue weighted by molar-refractivity contribution is -0.384. The SMILES string of the molecule is C=CCO[C@@]12Oc3ccc(Oc4cccc(C=O)c4)cc3[C@H]3[C@H](CCCCO)[C@@H](CCCCO)C=C(C(=NOCc4ccc([N+](=O)[O-])cc4)C[C@@H]1N(Cc1ccc4c(c1)OCO4)C(=O)OC)[C@H]32. The highest BCUT2D eigenvalue weighted by Crippen LogP contribution is 2.62. The number of aldehydes is 1. The van der Waals surface area contributed by atoms with E-state index in [1.807, 2.05) is 24.3 Å². The molecule has 4 aromatic carbocycles. The number of aliphatic hydroxyl groups excluding tert-OH is 2. The first-order valence-corrected chi connectivity index (χ1v) is 22.6. The van der Waals surface area contributed by atoms with Gasteiger partial charge in [-0.05, 0) is 109 Å². The van der Waals surface area contributed by atoms with Gasteiger partial charge in [-0.3, -0.25) is 19.8 Å². The summed E-state index contributed by atoms with van der Waals surface area (Å²) in [6.45, 7) is 4.25. The number of oxime groups is 1. The average Bonchev–Trinajstić information content (AvgIpc) is 3.82. The fraction of sp³-hybridized carbons (Fsp3) is 0.392. The number of ether oxygens (including phenoxy) is 6. The number of fused-ring (bicyclic) bond motifs is 3. The summed E-state index contributed by atoms with van der Waals surface area (Å²) >= 11 is 0. The van der Waals surface area contributed by atoms with Crippen LogP contribution >= 0.6 is 0 Å². The monoisotopic (exact) mass is 917 g/mol. The molecule has 16 nitrogen and oxygen atoms in total. The number of nitro groups is 1. The van der Waals surface area contributed by atoms with Crippen LogP contribution in [0, 0.1) is 27.9 Å². The Morgan fingerprint density at radius 1 is 0.940 bits per heavy atom. The number of amides is 1. The van der Waals surface area contributed by atoms with Gasteiger partial charge in [-0.25, -0.2) is 4.79 Å². The zero-order valence-corrected chi connectivity index (χ0v) is 37.3. The Bertz CT molecular complexity index is 2490. The van der Waals surface area contributed by atoms with Gasteiger partial charge >= 0.3 is 6.09 Å². The van der Waals surface area contributed by atoms with Crippen LogP contribution in [0.2, 0.25) is 0 Å². The molecular formula is C51H55N3O13. The molecule has 1 fully saturated rings. The molecule has 0 saturated heterocycles. The maximum absolute atomic E-state index is 14.4. The summed E-state index contributed by atoms with van der Waals surface area (Å²) in [6, 6.07) is 23.1. The zero-order chi connectivity index (χ0) is 46.9. The largest absolute Gasteiger partial charge is 0.459 e. The number of unbranched alkanes of at least 4 members (excludes halogenated alkanes) is 2. The lowest BCUT2D eigenvalue weighted by Crippen LogP contribution is -2.70. The van der Waals surface area contributed by atoms with Crippen LogP contribution in [0.4, 0.5) is 10.5 Å². The Hall–Kier alpha value is -6.75. The van der Waals surface area contributed by atoms with Crippen molar-refractivity contribution >= 4 is 23.8 Å². The van der Waals surface area contributed by atoms with E-state index in [2.05, 4.69) is 12.7 Å². The van der Waals surface area contributed by atoms with Gasteiger partial charge in [0.05, 0.1) is 30.3 Å². The van der Waals surface area contributed by atoms with Crippen LogP contribution in [0.25, 0.3) is 0 Å². The molecule has 67 heavy (non-hydrogen) atoms. The van der Waals surface area contributed by atoms with Crippen LogP contribution in [0.5, 0.6) is 28.7 Å². The van der Waals surface area contributed by atoms with Crippen molar-refractivity contribution < 1.29 is 58.0 Å². The Morgan fingerprint density at radius 3 is 2.43 bits per heavy atom. The molecule has 2 N–H and O–H groups in total. The fourth-order valence-corrected chi connectivity index (χ4v) is 10.1. The first kappa shape index (κ1) is 46.8. The number of non-ortho nitro benzene ring substituents is 1. The van der Waals surface area contributed by atoms with Gasteiger partial charge in [0.15, 0.2) is 11.5 Å². The van der Waals surface area contributed by atoms with Crippen LogP contribution in [0.15, 0.2) is 114 Å². The Labute approximate surface area is 388 Å². The van der Waals surface area contributed by atoms with Crippen molar-refractivity contribution in [2.45, 2.75) is 75.8 Å². The second-order valence-corrected chi connectivity index (χ2v) is 17.0. The normalized spacial score (nSPS) is 22.6. The Kier molecular flexibility index (Phi) is 14.8. The number of nitrogens with zero attached hydrogens (tertiary/aromatic N) is 3. The topological polar surface area (TPSA) is 198 Å². The summed E-state index contributed by atoms with van der Waals surface area (Å²) in [5.41, 5.74) is 4.00. The van der Waals surface area contributed by atoms with Gasteiger partial charge in [0, 0.05) is 55.4 Å². The number of hydrogen-bond donors (Lipinski definition) is 2. The van der Waals surface area contributed by atoms with Crippen LogP contribution in [0.3, 0.4) is 0 Å². The molecule has 0 spiro atoms. The molecule has 0 bridgehead atoms. The zero-order valence-electron chi connectivity index (χ0n) is 37.3. The molecule has 8 rings (SSSR count). The van der Waals surface area contributed by atoms with Gasteiger partial charge in [-0.1, -0.05) is 48.3 Å². The number of methoxy groups -OCH3 is 1. The molecule has 1 amide bonds. The number of benzene rings is 4. The van der Waals surface area contributed by atoms with Crippen LogP contribution in [-0.2, 0) is 27.5 Å². The third-order valence-corrected chi connectivity index (χ3v) is 13.0. The van der Waals surface area contributed by atoms with Crippen molar-refractivity contribution in [3.8, 4) is 28.7 Å². The second-order valence-electron chi connectivity index (χ2n) is 17.0. The molecule has 16 heteroatoms. The number of carbonyl (C=O) groups excluding carboxylic acids is 2. The highest BCUT2D eigenvalue weighted by molar-refractivity contribution is 6.03. The van der Waals surface area contributed by atoms with E-state index in [1.165, 1.54) is 19.2 Å². The van der Waals surface area contributed by atoms with Gasteiger partial charge in [-0.15, -0.1) is 6.58 Å². The lowest BCUT2D eigenvalue weighted by atomic mass is 9.55. The van der Waals surface area contributed by atoms with Gasteiger partial charge in [0.25, 0.3) is 5.69 Å². The predicted octanol–water partition coefficient (Wildman–Crippen LogP) is 9.03. The van der Waals surface area contributed by atoms with Gasteiger partial charge in [0.2, 0.25) is 12.6 Å². The van der Waals surface area contributed by atoms with Crippen molar-refractivity contribution in [3.63, 3.8) is 0 Å². The van der Waals surface area contributed by atoms with Crippen molar-refractivity contribution in [1.29, 1.82) is 0 Å². The summed E-state index contributed by atoms with van der Waals surface area (Å²) in [4.78, 5) is 44.8. The summed E-state index contributed by atoms with van der Waals surface area (Å²) in [5, 5.41) is 36.2. The molecule has 2 aliphatic carbocycles. The van der Waals surface area contributed by atoms with Crippen molar-refractivity contribution in [1.82, 2.24) is 4.90 Å². The molecule has 1 saturated carbocycles. The van der Waals surface area contributed by atoms with Gasteiger partial charge < -0.3 is 43.5 Å². The van der Waals surface area contributed by atoms with E-state index in [1.54, 1.807) is 59.5 Å². The first-order valence-electron chi connectivity index (χ1n) is 22.6. The highest BCUT2D eigenvalue weighted by atomic mass is 16.7. The summed E-state index contributed by atoms with van der Waals surface area (Å²) in [5.74, 6) is -0.0354. The minimum Gasteiger partial charge on any atom is -0.459 e. The Balaban J connectivity index is 1.32. The van der Waals surface area contributed by atoms with E-state index >= 15 is 0 Å². The molecule has 4 aromatic rings. The third kappa shape index (κ3) is 10.0. The van der Waals surface area contributed by atoms with E-state index in [0.29, 0.717) is 64.8 Å². The van der Waals surface area contributed by atoms with E-state index in [4.69, 9.17) is 38.4 Å². The number of nitro benzene ring substituents is 1. The smallest absolute Gasteiger partial charge is 0.410 e. The van der Waals surface area contributed by atoms with Crippen LogP contribution < -0.4 is 18.9 Å². The molecule has 2 heterocycles. The molecule has 0 radical (unpaired) electrons. The van der Waals surface area contributed by atoms with Gasteiger partial charge in [0.1, 0.15) is 36.2 Å². The minimum atomic E-state index is -1.58.